The van der Waals surface area contributed by atoms with Crippen LogP contribution in [0.1, 0.15) is 44.5 Å². The normalized spacial score (nSPS) is 19.9. The lowest BCUT2D eigenvalue weighted by Crippen LogP contribution is -2.36. The van der Waals surface area contributed by atoms with Crippen LogP contribution in [0.2, 0.25) is 0 Å². The second kappa shape index (κ2) is 6.50. The third-order valence-corrected chi connectivity index (χ3v) is 4.90. The van der Waals surface area contributed by atoms with E-state index in [9.17, 15) is 0 Å². The maximum absolute atomic E-state index is 6.12. The van der Waals surface area contributed by atoms with Gasteiger partial charge >= 0.3 is 0 Å². The van der Waals surface area contributed by atoms with Crippen LogP contribution in [0.3, 0.4) is 0 Å². The predicted octanol–water partition coefficient (Wildman–Crippen LogP) is 2.16. The second-order valence-corrected chi connectivity index (χ2v) is 7.83. The molecule has 20 heavy (non-hydrogen) atoms. The van der Waals surface area contributed by atoms with Crippen LogP contribution < -0.4 is 5.73 Å². The van der Waals surface area contributed by atoms with Crippen LogP contribution in [-0.2, 0) is 12.5 Å². The largest absolute Gasteiger partial charge is 0.329 e. The highest BCUT2D eigenvalue weighted by molar-refractivity contribution is 7.99. The molecule has 0 aliphatic carbocycles. The molecule has 2 heterocycles. The number of thioether (sulfide) groups is 1. The van der Waals surface area contributed by atoms with E-state index in [4.69, 9.17) is 10.8 Å². The third-order valence-electron chi connectivity index (χ3n) is 3.85. The van der Waals surface area contributed by atoms with Gasteiger partial charge in [0, 0.05) is 43.1 Å². The molecule has 0 amide bonds. The number of nitrogens with zero attached hydrogens (tertiary/aromatic N) is 3. The summed E-state index contributed by atoms with van der Waals surface area (Å²) in [7, 11) is 2.00. The van der Waals surface area contributed by atoms with Gasteiger partial charge in [-0.3, -0.25) is 9.58 Å². The predicted molar refractivity (Wildman–Crippen MR) is 87.2 cm³/mol. The molecule has 0 spiro atoms. The zero-order valence-corrected chi connectivity index (χ0v) is 14.0. The van der Waals surface area contributed by atoms with Crippen molar-refractivity contribution in [3.05, 3.63) is 17.5 Å². The number of rotatable bonds is 3. The first-order chi connectivity index (χ1) is 9.43. The van der Waals surface area contributed by atoms with E-state index in [1.807, 2.05) is 11.7 Å². The van der Waals surface area contributed by atoms with Crippen molar-refractivity contribution in [2.24, 2.45) is 12.8 Å². The molecular formula is C15H28N4S. The molecule has 1 aliphatic heterocycles. The van der Waals surface area contributed by atoms with E-state index in [2.05, 4.69) is 43.6 Å². The summed E-state index contributed by atoms with van der Waals surface area (Å²) in [5, 5.41) is 4.70. The quantitative estimate of drug-likeness (QED) is 0.928. The van der Waals surface area contributed by atoms with Crippen molar-refractivity contribution < 1.29 is 0 Å². The molecule has 0 radical (unpaired) electrons. The standard InChI is InChI=1S/C15H28N4S/c1-15(2,3)14-12(11-18(4)17-14)13(10-16)19-6-5-8-20-9-7-19/h11,13H,5-10,16H2,1-4H3. The Kier molecular flexibility index (Phi) is 5.15. The fraction of sp³-hybridized carbons (Fsp3) is 0.800. The fourth-order valence-corrected chi connectivity index (χ4v) is 3.78. The summed E-state index contributed by atoms with van der Waals surface area (Å²) >= 11 is 2.05. The number of aryl methyl sites for hydroxylation is 1. The first kappa shape index (κ1) is 15.9. The van der Waals surface area contributed by atoms with Gasteiger partial charge in [-0.2, -0.15) is 16.9 Å². The summed E-state index contributed by atoms with van der Waals surface area (Å²) in [5.74, 6) is 2.48. The molecule has 1 aromatic heterocycles. The highest BCUT2D eigenvalue weighted by atomic mass is 32.2. The van der Waals surface area contributed by atoms with Crippen molar-refractivity contribution in [1.29, 1.82) is 0 Å². The van der Waals surface area contributed by atoms with Crippen molar-refractivity contribution in [1.82, 2.24) is 14.7 Å². The number of aromatic nitrogens is 2. The molecule has 1 saturated heterocycles. The smallest absolute Gasteiger partial charge is 0.0726 e. The molecule has 1 unspecified atom stereocenters. The molecule has 1 aliphatic rings. The number of hydrogen-bond acceptors (Lipinski definition) is 4. The summed E-state index contributed by atoms with van der Waals surface area (Å²) < 4.78 is 1.94. The van der Waals surface area contributed by atoms with Crippen molar-refractivity contribution in [3.63, 3.8) is 0 Å². The Morgan fingerprint density at radius 1 is 1.35 bits per heavy atom. The van der Waals surface area contributed by atoms with Gasteiger partial charge in [0.2, 0.25) is 0 Å². The topological polar surface area (TPSA) is 47.1 Å². The summed E-state index contributed by atoms with van der Waals surface area (Å²) in [6, 6.07) is 0.302. The first-order valence-corrected chi connectivity index (χ1v) is 8.65. The van der Waals surface area contributed by atoms with E-state index in [1.54, 1.807) is 0 Å². The van der Waals surface area contributed by atoms with E-state index in [1.165, 1.54) is 29.2 Å². The summed E-state index contributed by atoms with van der Waals surface area (Å²) in [6.07, 6.45) is 3.42. The van der Waals surface area contributed by atoms with Crippen LogP contribution in [0.5, 0.6) is 0 Å². The number of nitrogens with two attached hydrogens (primary N) is 1. The van der Waals surface area contributed by atoms with Crippen LogP contribution >= 0.6 is 11.8 Å². The summed E-state index contributed by atoms with van der Waals surface area (Å²) in [4.78, 5) is 2.55. The lowest BCUT2D eigenvalue weighted by atomic mass is 9.87. The Morgan fingerprint density at radius 3 is 2.75 bits per heavy atom. The third kappa shape index (κ3) is 3.57. The van der Waals surface area contributed by atoms with E-state index >= 15 is 0 Å². The molecular weight excluding hydrogens is 268 g/mol. The van der Waals surface area contributed by atoms with Gasteiger partial charge in [0.1, 0.15) is 0 Å². The van der Waals surface area contributed by atoms with Gasteiger partial charge in [-0.15, -0.1) is 0 Å². The second-order valence-electron chi connectivity index (χ2n) is 6.61. The Morgan fingerprint density at radius 2 is 2.10 bits per heavy atom. The zero-order valence-electron chi connectivity index (χ0n) is 13.2. The summed E-state index contributed by atoms with van der Waals surface area (Å²) in [5.41, 5.74) is 8.68. The Hall–Kier alpha value is -0.520. The van der Waals surface area contributed by atoms with Gasteiger partial charge in [-0.05, 0) is 18.7 Å². The van der Waals surface area contributed by atoms with Gasteiger partial charge < -0.3 is 5.73 Å². The molecule has 5 heteroatoms. The minimum Gasteiger partial charge on any atom is -0.329 e. The molecule has 1 fully saturated rings. The van der Waals surface area contributed by atoms with Crippen LogP contribution in [0.15, 0.2) is 6.20 Å². The molecule has 2 rings (SSSR count). The van der Waals surface area contributed by atoms with Crippen molar-refractivity contribution in [3.8, 4) is 0 Å². The van der Waals surface area contributed by atoms with Gasteiger partial charge in [0.15, 0.2) is 0 Å². The molecule has 0 aromatic carbocycles. The highest BCUT2D eigenvalue weighted by Crippen LogP contribution is 2.31. The molecule has 1 aromatic rings. The molecule has 2 N–H and O–H groups in total. The SMILES string of the molecule is Cn1cc(C(CN)N2CCCSCC2)c(C(C)(C)C)n1. The van der Waals surface area contributed by atoms with Gasteiger partial charge in [-0.1, -0.05) is 20.8 Å². The Labute approximate surface area is 127 Å². The molecule has 0 bridgehead atoms. The lowest BCUT2D eigenvalue weighted by molar-refractivity contribution is 0.216. The maximum atomic E-state index is 6.12. The minimum absolute atomic E-state index is 0.0601. The molecule has 0 saturated carbocycles. The molecule has 114 valence electrons. The van der Waals surface area contributed by atoms with E-state index in [-0.39, 0.29) is 5.41 Å². The zero-order chi connectivity index (χ0) is 14.8. The van der Waals surface area contributed by atoms with Crippen LogP contribution in [0.25, 0.3) is 0 Å². The van der Waals surface area contributed by atoms with Crippen LogP contribution in [0.4, 0.5) is 0 Å². The van der Waals surface area contributed by atoms with Gasteiger partial charge in [0.05, 0.1) is 11.7 Å². The monoisotopic (exact) mass is 296 g/mol. The average Bonchev–Trinajstić information content (AvgIpc) is 2.61. The van der Waals surface area contributed by atoms with Crippen molar-refractivity contribution in [2.45, 2.75) is 38.6 Å². The molecule has 4 nitrogen and oxygen atoms in total. The highest BCUT2D eigenvalue weighted by Gasteiger charge is 2.29. The number of hydrogen-bond donors (Lipinski definition) is 1. The van der Waals surface area contributed by atoms with E-state index < -0.39 is 0 Å². The minimum atomic E-state index is 0.0601. The van der Waals surface area contributed by atoms with Crippen LogP contribution in [-0.4, -0.2) is 45.8 Å². The van der Waals surface area contributed by atoms with Gasteiger partial charge in [-0.25, -0.2) is 0 Å². The van der Waals surface area contributed by atoms with Crippen molar-refractivity contribution >= 4 is 11.8 Å². The van der Waals surface area contributed by atoms with Gasteiger partial charge in [0.25, 0.3) is 0 Å². The Balaban J connectivity index is 2.31. The van der Waals surface area contributed by atoms with E-state index in [0.29, 0.717) is 12.6 Å². The van der Waals surface area contributed by atoms with Crippen LogP contribution in [0, 0.1) is 0 Å². The first-order valence-electron chi connectivity index (χ1n) is 7.49. The fourth-order valence-electron chi connectivity index (χ4n) is 2.88. The van der Waals surface area contributed by atoms with E-state index in [0.717, 1.165) is 13.1 Å². The summed E-state index contributed by atoms with van der Waals surface area (Å²) in [6.45, 7) is 9.62. The average molecular weight is 296 g/mol. The Bertz CT molecular complexity index is 428. The lowest BCUT2D eigenvalue weighted by Gasteiger charge is -2.31. The maximum Gasteiger partial charge on any atom is 0.0726 e. The van der Waals surface area contributed by atoms with Crippen molar-refractivity contribution in [2.75, 3.05) is 31.1 Å². The molecule has 1 atom stereocenters.